The number of hydrogen-bond donors (Lipinski definition) is 7. The highest BCUT2D eigenvalue weighted by atomic mass is 32.2. The fourth-order valence-corrected chi connectivity index (χ4v) is 7.01. The Morgan fingerprint density at radius 3 is 2.56 bits per heavy atom. The molecule has 1 amide bonds. The van der Waals surface area contributed by atoms with E-state index in [4.69, 9.17) is 29.8 Å². The summed E-state index contributed by atoms with van der Waals surface area (Å²) in [6.07, 6.45) is -5.96. The quantitative estimate of drug-likeness (QED) is 0.0520. The molecule has 20 nitrogen and oxygen atoms in total. The van der Waals surface area contributed by atoms with Crippen LogP contribution in [0.5, 0.6) is 11.5 Å². The number of rotatable bonds is 19. The third kappa shape index (κ3) is 10.7. The van der Waals surface area contributed by atoms with E-state index in [-0.39, 0.29) is 56.8 Å². The van der Waals surface area contributed by atoms with Crippen molar-refractivity contribution in [3.05, 3.63) is 59.9 Å². The van der Waals surface area contributed by atoms with Crippen LogP contribution in [0, 0.1) is 5.92 Å². The summed E-state index contributed by atoms with van der Waals surface area (Å²) in [5.41, 5.74) is 7.00. The van der Waals surface area contributed by atoms with Gasteiger partial charge in [0.05, 0.1) is 48.2 Å². The van der Waals surface area contributed by atoms with Crippen LogP contribution in [0.2, 0.25) is 0 Å². The molecule has 2 aromatic heterocycles. The Morgan fingerprint density at radius 2 is 1.81 bits per heavy atom. The molecule has 1 saturated heterocycles. The molecule has 2 aromatic carbocycles. The van der Waals surface area contributed by atoms with E-state index in [9.17, 15) is 43.2 Å². The van der Waals surface area contributed by atoms with Gasteiger partial charge in [-0.1, -0.05) is 17.3 Å². The molecule has 0 saturated carbocycles. The lowest BCUT2D eigenvalue weighted by Gasteiger charge is -2.39. The van der Waals surface area contributed by atoms with Crippen molar-refractivity contribution in [2.24, 2.45) is 16.8 Å². The number of aromatic nitrogens is 4. The Labute approximate surface area is 311 Å². The molecule has 54 heavy (non-hydrogen) atoms. The Balaban J connectivity index is 1.02. The zero-order chi connectivity index (χ0) is 39.0. The van der Waals surface area contributed by atoms with Gasteiger partial charge in [0.25, 0.3) is 15.9 Å². The number of benzene rings is 2. The van der Waals surface area contributed by atoms with Crippen LogP contribution in [0.25, 0.3) is 10.2 Å². The number of hydrogen-bond acceptors (Lipinski definition) is 17. The molecule has 1 aliphatic rings. The number of carboxylic acid groups (broad SMARTS) is 1. The van der Waals surface area contributed by atoms with Gasteiger partial charge in [0, 0.05) is 13.0 Å². The molecule has 4 aromatic rings. The second-order valence-corrected chi connectivity index (χ2v) is 15.0. The van der Waals surface area contributed by atoms with Crippen LogP contribution >= 0.6 is 11.3 Å². The second kappa shape index (κ2) is 18.1. The molecule has 0 bridgehead atoms. The van der Waals surface area contributed by atoms with Crippen molar-refractivity contribution >= 4 is 49.2 Å². The smallest absolute Gasteiger partial charge is 0.309 e. The largest absolute Gasteiger partial charge is 0.492 e. The summed E-state index contributed by atoms with van der Waals surface area (Å²) in [6.45, 7) is -0.572. The minimum Gasteiger partial charge on any atom is -0.492 e. The first kappa shape index (κ1) is 40.5. The average Bonchev–Trinajstić information content (AvgIpc) is 3.78. The molecule has 1 fully saturated rings. The van der Waals surface area contributed by atoms with Gasteiger partial charge in [0.2, 0.25) is 4.34 Å². The van der Waals surface area contributed by atoms with Crippen LogP contribution in [-0.2, 0) is 53.6 Å². The van der Waals surface area contributed by atoms with Crippen LogP contribution in [0.3, 0.4) is 0 Å². The van der Waals surface area contributed by atoms with E-state index >= 15 is 0 Å². The Hall–Kier alpha value is -4.65. The fourth-order valence-electron chi connectivity index (χ4n) is 5.32. The highest BCUT2D eigenvalue weighted by Crippen LogP contribution is 2.28. The zero-order valence-electron chi connectivity index (χ0n) is 28.5. The number of carboxylic acids is 1. The van der Waals surface area contributed by atoms with E-state index in [2.05, 4.69) is 20.6 Å². The minimum absolute atomic E-state index is 0.00994. The molecule has 1 aliphatic heterocycles. The van der Waals surface area contributed by atoms with E-state index in [0.29, 0.717) is 33.0 Å². The summed E-state index contributed by atoms with van der Waals surface area (Å²) < 4.78 is 47.1. The van der Waals surface area contributed by atoms with Gasteiger partial charge in [-0.3, -0.25) is 14.4 Å². The summed E-state index contributed by atoms with van der Waals surface area (Å²) in [7, 11) is -3.94. The number of aliphatic hydroxyl groups excluding tert-OH is 3. The third-order valence-corrected chi connectivity index (χ3v) is 10.4. The molecule has 6 atom stereocenters. The standard InChI is InChI=1S/C32H39N7O13S2/c33-11-24-26(41)27(42)28(43)29(52-24)30(44)35-6-7-50-21-3-1-2-17(8-21)14-49-15-18(31(45)46)9-20(40)13-39-12-19(37-38-39)16-51-22-4-5-23-25(10-22)53-32(36-23)54(34,47)48/h1-5,8,10,12,18,24,26-29,41-43H,6-7,9,11,13-16,33H2,(H,35,44)(H,45,46)(H2,34,47,48). The van der Waals surface area contributed by atoms with Crippen LogP contribution < -0.4 is 25.7 Å². The van der Waals surface area contributed by atoms with Gasteiger partial charge in [0.15, 0.2) is 11.9 Å². The fraction of sp³-hybridized carbons (Fsp3) is 0.438. The summed E-state index contributed by atoms with van der Waals surface area (Å²) in [6, 6.07) is 11.6. The number of carbonyl (C=O) groups excluding carboxylic acids is 2. The number of ether oxygens (including phenoxy) is 4. The Morgan fingerprint density at radius 1 is 1.04 bits per heavy atom. The number of fused-ring (bicyclic) bond motifs is 1. The SMILES string of the molecule is NCC1OC(C(=O)NCCOc2cccc(COCC(CC(=O)Cn3cc(COc4ccc5nc(S(N)(=O)=O)sc5c4)nn3)C(=O)O)c2)C(O)C(O)C1O. The van der Waals surface area contributed by atoms with Crippen LogP contribution in [-0.4, -0.2) is 123 Å². The number of carbonyl (C=O) groups is 3. The number of nitrogens with two attached hydrogens (primary N) is 2. The van der Waals surface area contributed by atoms with Gasteiger partial charge in [-0.15, -0.1) is 16.4 Å². The number of nitrogens with one attached hydrogen (secondary N) is 1. The number of amides is 1. The monoisotopic (exact) mass is 793 g/mol. The van der Waals surface area contributed by atoms with Crippen molar-refractivity contribution in [1.82, 2.24) is 25.3 Å². The van der Waals surface area contributed by atoms with Gasteiger partial charge in [-0.25, -0.2) is 23.2 Å². The van der Waals surface area contributed by atoms with E-state index in [1.165, 1.54) is 10.9 Å². The maximum Gasteiger partial charge on any atom is 0.309 e. The molecule has 22 heteroatoms. The predicted molar refractivity (Wildman–Crippen MR) is 186 cm³/mol. The maximum absolute atomic E-state index is 12.7. The van der Waals surface area contributed by atoms with E-state index < -0.39 is 64.1 Å². The Bertz CT molecular complexity index is 2040. The van der Waals surface area contributed by atoms with Gasteiger partial charge >= 0.3 is 5.97 Å². The number of nitrogens with zero attached hydrogens (tertiary/aromatic N) is 4. The Kier molecular flexibility index (Phi) is 13.6. The van der Waals surface area contributed by atoms with Crippen molar-refractivity contribution in [3.63, 3.8) is 0 Å². The van der Waals surface area contributed by atoms with Crippen molar-refractivity contribution < 1.29 is 62.2 Å². The van der Waals surface area contributed by atoms with Crippen molar-refractivity contribution in [3.8, 4) is 11.5 Å². The first-order valence-electron chi connectivity index (χ1n) is 16.4. The van der Waals surface area contributed by atoms with E-state index in [1.807, 2.05) is 0 Å². The van der Waals surface area contributed by atoms with Gasteiger partial charge in [-0.2, -0.15) is 0 Å². The highest BCUT2D eigenvalue weighted by Gasteiger charge is 2.46. The van der Waals surface area contributed by atoms with Gasteiger partial charge in [0.1, 0.15) is 55.3 Å². The third-order valence-electron chi connectivity index (χ3n) is 8.08. The lowest BCUT2D eigenvalue weighted by molar-refractivity contribution is -0.218. The molecule has 0 radical (unpaired) electrons. The van der Waals surface area contributed by atoms with E-state index in [0.717, 1.165) is 11.3 Å². The minimum atomic E-state index is -3.94. The van der Waals surface area contributed by atoms with Gasteiger partial charge in [-0.05, 0) is 35.9 Å². The number of sulfonamides is 1. The summed E-state index contributed by atoms with van der Waals surface area (Å²) in [4.78, 5) is 41.1. The molecule has 0 aliphatic carbocycles. The summed E-state index contributed by atoms with van der Waals surface area (Å²) >= 11 is 0.909. The second-order valence-electron chi connectivity index (χ2n) is 12.2. The summed E-state index contributed by atoms with van der Waals surface area (Å²) in [5, 5.41) is 55.3. The number of aliphatic hydroxyl groups is 3. The lowest BCUT2D eigenvalue weighted by Crippen LogP contribution is -2.63. The van der Waals surface area contributed by atoms with Crippen LogP contribution in [0.1, 0.15) is 17.7 Å². The molecule has 5 rings (SSSR count). The predicted octanol–water partition coefficient (Wildman–Crippen LogP) is -1.71. The topological polar surface area (TPSA) is 311 Å². The first-order valence-corrected chi connectivity index (χ1v) is 18.7. The molecular weight excluding hydrogens is 755 g/mol. The van der Waals surface area contributed by atoms with Crippen LogP contribution in [0.15, 0.2) is 53.0 Å². The average molecular weight is 794 g/mol. The molecule has 3 heterocycles. The highest BCUT2D eigenvalue weighted by molar-refractivity contribution is 7.91. The molecule has 9 N–H and O–H groups in total. The molecular formula is C32H39N7O13S2. The van der Waals surface area contributed by atoms with Crippen molar-refractivity contribution in [2.45, 2.75) is 61.0 Å². The molecule has 292 valence electrons. The number of primary sulfonamides is 1. The van der Waals surface area contributed by atoms with E-state index in [1.54, 1.807) is 42.5 Å². The molecule has 6 unspecified atom stereocenters. The normalized spacial score (nSPS) is 20.7. The zero-order valence-corrected chi connectivity index (χ0v) is 30.1. The van der Waals surface area contributed by atoms with Crippen molar-refractivity contribution in [2.75, 3.05) is 26.3 Å². The van der Waals surface area contributed by atoms with Crippen molar-refractivity contribution in [1.29, 1.82) is 0 Å². The number of Topliss-reactive ketones (excluding diaryl/α,β-unsaturated/α-hetero) is 1. The lowest BCUT2D eigenvalue weighted by atomic mass is 9.94. The van der Waals surface area contributed by atoms with Gasteiger partial charge < -0.3 is 50.4 Å². The molecule has 0 spiro atoms. The summed E-state index contributed by atoms with van der Waals surface area (Å²) in [5.74, 6) is -2.61. The maximum atomic E-state index is 12.7. The number of thiazole rings is 1. The number of ketones is 1. The first-order chi connectivity index (χ1) is 25.7. The number of aliphatic carboxylic acids is 1. The van der Waals surface area contributed by atoms with Crippen LogP contribution in [0.4, 0.5) is 0 Å².